The molecule has 0 fully saturated rings. The number of aromatic nitrogens is 3. The van der Waals surface area contributed by atoms with Crippen LogP contribution in [0.15, 0.2) is 11.4 Å². The number of hydrogen-bond donors (Lipinski definition) is 1. The van der Waals surface area contributed by atoms with Gasteiger partial charge in [-0.15, -0.1) is 11.3 Å². The van der Waals surface area contributed by atoms with Gasteiger partial charge in [-0.25, -0.2) is 15.0 Å². The molecule has 20 heavy (non-hydrogen) atoms. The number of anilines is 1. The normalized spacial score (nSPS) is 11.1. The molecular weight excluding hydrogens is 268 g/mol. The van der Waals surface area contributed by atoms with Gasteiger partial charge >= 0.3 is 0 Å². The molecule has 0 atom stereocenters. The van der Waals surface area contributed by atoms with Crippen molar-refractivity contribution in [2.24, 2.45) is 0 Å². The highest BCUT2D eigenvalue weighted by molar-refractivity contribution is 7.09. The van der Waals surface area contributed by atoms with Gasteiger partial charge in [0.25, 0.3) is 0 Å². The van der Waals surface area contributed by atoms with Gasteiger partial charge in [0.05, 0.1) is 17.1 Å². The van der Waals surface area contributed by atoms with Crippen molar-refractivity contribution in [3.8, 4) is 0 Å². The molecule has 0 saturated heterocycles. The van der Waals surface area contributed by atoms with Crippen LogP contribution >= 0.6 is 11.3 Å². The quantitative estimate of drug-likeness (QED) is 0.879. The van der Waals surface area contributed by atoms with Crippen LogP contribution in [0.4, 0.5) is 5.82 Å². The van der Waals surface area contributed by atoms with E-state index in [-0.39, 0.29) is 0 Å². The number of nitrogens with one attached hydrogen (secondary N) is 1. The molecule has 4 nitrogen and oxygen atoms in total. The van der Waals surface area contributed by atoms with Crippen molar-refractivity contribution >= 4 is 17.2 Å². The summed E-state index contributed by atoms with van der Waals surface area (Å²) in [5, 5.41) is 6.52. The topological polar surface area (TPSA) is 50.7 Å². The Morgan fingerprint density at radius 2 is 2.05 bits per heavy atom. The van der Waals surface area contributed by atoms with Crippen molar-refractivity contribution in [1.82, 2.24) is 15.0 Å². The Bertz CT molecular complexity index is 563. The molecule has 2 heterocycles. The molecule has 0 aliphatic carbocycles. The zero-order chi connectivity index (χ0) is 14.5. The Balaban J connectivity index is 2.23. The Labute approximate surface area is 124 Å². The first-order valence-electron chi connectivity index (χ1n) is 7.11. The first-order valence-corrected chi connectivity index (χ1v) is 7.99. The summed E-state index contributed by atoms with van der Waals surface area (Å²) in [4.78, 5) is 13.7. The minimum atomic E-state index is 0.399. The summed E-state index contributed by atoms with van der Waals surface area (Å²) in [6.45, 7) is 9.42. The van der Waals surface area contributed by atoms with Crippen molar-refractivity contribution in [3.05, 3.63) is 33.7 Å². The van der Waals surface area contributed by atoms with Crippen LogP contribution in [0, 0.1) is 6.92 Å². The number of nitrogens with zero attached hydrogens (tertiary/aromatic N) is 3. The van der Waals surface area contributed by atoms with Crippen molar-refractivity contribution in [2.45, 2.75) is 46.5 Å². The van der Waals surface area contributed by atoms with E-state index in [9.17, 15) is 0 Å². The maximum atomic E-state index is 4.66. The zero-order valence-electron chi connectivity index (χ0n) is 12.6. The molecule has 2 aromatic rings. The summed E-state index contributed by atoms with van der Waals surface area (Å²) in [5.74, 6) is 2.17. The van der Waals surface area contributed by atoms with E-state index < -0.39 is 0 Å². The van der Waals surface area contributed by atoms with E-state index in [2.05, 4.69) is 52.5 Å². The summed E-state index contributed by atoms with van der Waals surface area (Å²) in [7, 11) is 0. The predicted molar refractivity (Wildman–Crippen MR) is 84.6 cm³/mol. The van der Waals surface area contributed by atoms with Crippen LogP contribution < -0.4 is 5.32 Å². The van der Waals surface area contributed by atoms with Gasteiger partial charge in [0.2, 0.25) is 0 Å². The van der Waals surface area contributed by atoms with Gasteiger partial charge in [-0.05, 0) is 19.3 Å². The molecule has 0 unspecified atom stereocenters. The van der Waals surface area contributed by atoms with Gasteiger partial charge in [0.1, 0.15) is 11.6 Å². The first kappa shape index (κ1) is 14.9. The van der Waals surface area contributed by atoms with E-state index in [1.54, 1.807) is 11.3 Å². The fourth-order valence-corrected chi connectivity index (χ4v) is 2.50. The van der Waals surface area contributed by atoms with E-state index in [1.807, 2.05) is 6.92 Å². The predicted octanol–water partition coefficient (Wildman–Crippen LogP) is 3.78. The van der Waals surface area contributed by atoms with Gasteiger partial charge < -0.3 is 5.32 Å². The van der Waals surface area contributed by atoms with E-state index in [1.165, 1.54) is 0 Å². The van der Waals surface area contributed by atoms with E-state index in [0.29, 0.717) is 12.3 Å². The van der Waals surface area contributed by atoms with Crippen LogP contribution in [0.25, 0.3) is 0 Å². The van der Waals surface area contributed by atoms with Crippen LogP contribution in [0.5, 0.6) is 0 Å². The van der Waals surface area contributed by atoms with Gasteiger partial charge in [-0.3, -0.25) is 0 Å². The second kappa shape index (κ2) is 6.79. The van der Waals surface area contributed by atoms with Crippen molar-refractivity contribution in [2.75, 3.05) is 11.9 Å². The van der Waals surface area contributed by atoms with Gasteiger partial charge in [-0.2, -0.15) is 0 Å². The SMILES string of the molecule is CCCNc1cc(C(C)C)nc(Cc2csc(C)n2)n1. The lowest BCUT2D eigenvalue weighted by Crippen LogP contribution is -2.08. The molecule has 0 amide bonds. The summed E-state index contributed by atoms with van der Waals surface area (Å²) in [6, 6.07) is 2.05. The summed E-state index contributed by atoms with van der Waals surface area (Å²) in [5.41, 5.74) is 2.13. The van der Waals surface area contributed by atoms with Crippen LogP contribution in [-0.4, -0.2) is 21.5 Å². The monoisotopic (exact) mass is 290 g/mol. The third kappa shape index (κ3) is 4.00. The number of thiazole rings is 1. The first-order chi connectivity index (χ1) is 9.58. The third-order valence-corrected chi connectivity index (χ3v) is 3.77. The number of aryl methyl sites for hydroxylation is 1. The van der Waals surface area contributed by atoms with Crippen LogP contribution in [0.2, 0.25) is 0 Å². The maximum absolute atomic E-state index is 4.66. The molecule has 0 bridgehead atoms. The molecular formula is C15H22N4S. The third-order valence-electron chi connectivity index (χ3n) is 2.95. The van der Waals surface area contributed by atoms with Crippen LogP contribution in [0.3, 0.4) is 0 Å². The number of rotatable bonds is 6. The Kier molecular flexibility index (Phi) is 5.06. The van der Waals surface area contributed by atoms with Gasteiger partial charge in [-0.1, -0.05) is 20.8 Å². The minimum absolute atomic E-state index is 0.399. The second-order valence-corrected chi connectivity index (χ2v) is 6.27. The Morgan fingerprint density at radius 3 is 2.65 bits per heavy atom. The lowest BCUT2D eigenvalue weighted by atomic mass is 10.1. The van der Waals surface area contributed by atoms with Crippen molar-refractivity contribution in [3.63, 3.8) is 0 Å². The van der Waals surface area contributed by atoms with Crippen molar-refractivity contribution < 1.29 is 0 Å². The van der Waals surface area contributed by atoms with E-state index in [0.717, 1.165) is 41.0 Å². The van der Waals surface area contributed by atoms with Gasteiger partial charge in [0, 0.05) is 23.7 Å². The molecule has 0 aliphatic heterocycles. The highest BCUT2D eigenvalue weighted by Gasteiger charge is 2.09. The average Bonchev–Trinajstić information content (AvgIpc) is 2.81. The second-order valence-electron chi connectivity index (χ2n) is 5.21. The smallest absolute Gasteiger partial charge is 0.136 e. The zero-order valence-corrected chi connectivity index (χ0v) is 13.4. The molecule has 1 N–H and O–H groups in total. The molecule has 0 radical (unpaired) electrons. The summed E-state index contributed by atoms with van der Waals surface area (Å²) in [6.07, 6.45) is 1.79. The molecule has 0 aromatic carbocycles. The molecule has 2 aromatic heterocycles. The molecule has 0 saturated carbocycles. The Morgan fingerprint density at radius 1 is 1.25 bits per heavy atom. The highest BCUT2D eigenvalue weighted by atomic mass is 32.1. The summed E-state index contributed by atoms with van der Waals surface area (Å²) >= 11 is 1.67. The fourth-order valence-electron chi connectivity index (χ4n) is 1.89. The van der Waals surface area contributed by atoms with Gasteiger partial charge in [0.15, 0.2) is 0 Å². The Hall–Kier alpha value is -1.49. The molecule has 2 rings (SSSR count). The van der Waals surface area contributed by atoms with E-state index in [4.69, 9.17) is 0 Å². The molecule has 0 spiro atoms. The van der Waals surface area contributed by atoms with Crippen molar-refractivity contribution in [1.29, 1.82) is 0 Å². The minimum Gasteiger partial charge on any atom is -0.370 e. The lowest BCUT2D eigenvalue weighted by Gasteiger charge is -2.11. The van der Waals surface area contributed by atoms with Crippen LogP contribution in [-0.2, 0) is 6.42 Å². The molecule has 5 heteroatoms. The lowest BCUT2D eigenvalue weighted by molar-refractivity contribution is 0.788. The summed E-state index contributed by atoms with van der Waals surface area (Å²) < 4.78 is 0. The maximum Gasteiger partial charge on any atom is 0.136 e. The fraction of sp³-hybridized carbons (Fsp3) is 0.533. The standard InChI is InChI=1S/C15H22N4S/c1-5-6-16-14-8-13(10(2)3)18-15(19-14)7-12-9-20-11(4)17-12/h8-10H,5-7H2,1-4H3,(H,16,18,19). The molecule has 108 valence electrons. The number of hydrogen-bond acceptors (Lipinski definition) is 5. The van der Waals surface area contributed by atoms with Crippen LogP contribution in [0.1, 0.15) is 55.3 Å². The highest BCUT2D eigenvalue weighted by Crippen LogP contribution is 2.18. The largest absolute Gasteiger partial charge is 0.370 e. The molecule has 0 aliphatic rings. The van der Waals surface area contributed by atoms with E-state index >= 15 is 0 Å². The average molecular weight is 290 g/mol.